The Hall–Kier alpha value is -1.42. The van der Waals surface area contributed by atoms with Crippen molar-refractivity contribution >= 4 is 11.0 Å². The number of nitrogens with one attached hydrogen (secondary N) is 2. The molecule has 1 fully saturated rings. The maximum absolute atomic E-state index is 3.88. The van der Waals surface area contributed by atoms with Crippen molar-refractivity contribution in [2.45, 2.75) is 12.8 Å². The first-order valence-electron chi connectivity index (χ1n) is 4.93. The lowest BCUT2D eigenvalue weighted by Crippen LogP contribution is -2.03. The summed E-state index contributed by atoms with van der Waals surface area (Å²) in [5, 5.41) is 13.5. The number of rotatable bonds is 0. The second-order valence-corrected chi connectivity index (χ2v) is 3.27. The molecule has 0 aliphatic carbocycles. The highest BCUT2D eigenvalue weighted by Gasteiger charge is 1.93. The lowest BCUT2D eigenvalue weighted by Gasteiger charge is -1.78. The number of fused-ring (bicyclic) bond motifs is 1. The van der Waals surface area contributed by atoms with E-state index in [4.69, 9.17) is 0 Å². The molecular weight excluding hydrogens is 176 g/mol. The van der Waals surface area contributed by atoms with Crippen molar-refractivity contribution in [3.63, 3.8) is 0 Å². The fraction of sp³-hybridized carbons (Fsp3) is 0.400. The molecule has 74 valence electrons. The van der Waals surface area contributed by atoms with E-state index < -0.39 is 0 Å². The Morgan fingerprint density at radius 2 is 1.50 bits per heavy atom. The molecule has 0 spiro atoms. The van der Waals surface area contributed by atoms with Gasteiger partial charge < -0.3 is 5.32 Å². The van der Waals surface area contributed by atoms with Crippen molar-refractivity contribution in [3.8, 4) is 0 Å². The third-order valence-electron chi connectivity index (χ3n) is 2.18. The van der Waals surface area contributed by atoms with Gasteiger partial charge in [0, 0.05) is 0 Å². The van der Waals surface area contributed by atoms with E-state index >= 15 is 0 Å². The zero-order valence-corrected chi connectivity index (χ0v) is 8.03. The summed E-state index contributed by atoms with van der Waals surface area (Å²) in [4.78, 5) is 0. The van der Waals surface area contributed by atoms with Gasteiger partial charge in [0.25, 0.3) is 0 Å². The zero-order chi connectivity index (χ0) is 9.64. The van der Waals surface area contributed by atoms with Crippen molar-refractivity contribution in [2.75, 3.05) is 13.1 Å². The predicted octanol–water partition coefficient (Wildman–Crippen LogP) is 1.33. The molecule has 0 radical (unpaired) electrons. The van der Waals surface area contributed by atoms with Gasteiger partial charge in [0.05, 0.1) is 0 Å². The van der Waals surface area contributed by atoms with Crippen LogP contribution in [0.25, 0.3) is 11.0 Å². The van der Waals surface area contributed by atoms with E-state index in [1.165, 1.54) is 25.9 Å². The number of H-pyrrole nitrogens is 1. The summed E-state index contributed by atoms with van der Waals surface area (Å²) in [5.41, 5.74) is 1.83. The van der Waals surface area contributed by atoms with Gasteiger partial charge in [-0.15, -0.1) is 0 Å². The van der Waals surface area contributed by atoms with Crippen LogP contribution in [0, 0.1) is 0 Å². The Bertz CT molecular complexity index is 340. The van der Waals surface area contributed by atoms with E-state index in [1.54, 1.807) is 0 Å². The van der Waals surface area contributed by atoms with Crippen molar-refractivity contribution in [1.82, 2.24) is 20.7 Å². The molecule has 3 rings (SSSR count). The standard InChI is InChI=1S/C6H5N3.C4H9N/c1-2-4-6-5(3-1)7-9-8-6;1-2-4-5-3-1/h1-4H,(H,7,8,9);5H,1-4H2. The van der Waals surface area contributed by atoms with Crippen molar-refractivity contribution in [3.05, 3.63) is 24.3 Å². The van der Waals surface area contributed by atoms with Gasteiger partial charge in [-0.2, -0.15) is 15.4 Å². The molecule has 14 heavy (non-hydrogen) atoms. The predicted molar refractivity (Wildman–Crippen MR) is 56.0 cm³/mol. The van der Waals surface area contributed by atoms with E-state index in [-0.39, 0.29) is 0 Å². The van der Waals surface area contributed by atoms with Crippen LogP contribution in [0.2, 0.25) is 0 Å². The number of hydrogen-bond acceptors (Lipinski definition) is 3. The maximum Gasteiger partial charge on any atom is 0.112 e. The first kappa shape index (κ1) is 9.15. The summed E-state index contributed by atoms with van der Waals surface area (Å²) in [7, 11) is 0. The van der Waals surface area contributed by atoms with Crippen LogP contribution in [0.5, 0.6) is 0 Å². The number of aromatic nitrogens is 3. The molecule has 4 heteroatoms. The number of para-hydroxylation sites is 2. The third kappa shape index (κ3) is 2.29. The average Bonchev–Trinajstić information content (AvgIpc) is 2.92. The SMILES string of the molecule is C1CCNC1.c1ccc2n[nH]nc2c1. The number of benzene rings is 1. The molecule has 1 aromatic heterocycles. The monoisotopic (exact) mass is 190 g/mol. The molecule has 0 bridgehead atoms. The van der Waals surface area contributed by atoms with Crippen LogP contribution in [0.3, 0.4) is 0 Å². The largest absolute Gasteiger partial charge is 0.317 e. The Kier molecular flexibility index (Phi) is 3.08. The molecule has 0 atom stereocenters. The van der Waals surface area contributed by atoms with Gasteiger partial charge in [0.2, 0.25) is 0 Å². The van der Waals surface area contributed by atoms with Gasteiger partial charge in [-0.05, 0) is 38.1 Å². The van der Waals surface area contributed by atoms with Gasteiger partial charge in [0.1, 0.15) is 11.0 Å². The molecule has 1 saturated heterocycles. The zero-order valence-electron chi connectivity index (χ0n) is 8.03. The van der Waals surface area contributed by atoms with E-state index in [9.17, 15) is 0 Å². The Morgan fingerprint density at radius 1 is 0.929 bits per heavy atom. The minimum absolute atomic E-state index is 0.914. The maximum atomic E-state index is 3.88. The molecule has 2 heterocycles. The summed E-state index contributed by atoms with van der Waals surface area (Å²) < 4.78 is 0. The van der Waals surface area contributed by atoms with Gasteiger partial charge in [-0.25, -0.2) is 0 Å². The van der Waals surface area contributed by atoms with Gasteiger partial charge in [-0.1, -0.05) is 12.1 Å². The Morgan fingerprint density at radius 3 is 1.93 bits per heavy atom. The molecule has 1 aliphatic rings. The third-order valence-corrected chi connectivity index (χ3v) is 2.18. The lowest BCUT2D eigenvalue weighted by atomic mass is 10.3. The second kappa shape index (κ2) is 4.72. The van der Waals surface area contributed by atoms with Crippen LogP contribution in [0.4, 0.5) is 0 Å². The van der Waals surface area contributed by atoms with Crippen LogP contribution in [0.1, 0.15) is 12.8 Å². The molecule has 2 N–H and O–H groups in total. The first-order chi connectivity index (χ1) is 6.97. The molecule has 0 amide bonds. The summed E-state index contributed by atoms with van der Waals surface area (Å²) >= 11 is 0. The van der Waals surface area contributed by atoms with Gasteiger partial charge in [0.15, 0.2) is 0 Å². The molecule has 0 saturated carbocycles. The fourth-order valence-electron chi connectivity index (χ4n) is 1.41. The highest BCUT2D eigenvalue weighted by Crippen LogP contribution is 2.03. The number of aromatic amines is 1. The second-order valence-electron chi connectivity index (χ2n) is 3.27. The minimum atomic E-state index is 0.914. The van der Waals surface area contributed by atoms with E-state index in [0.717, 1.165) is 11.0 Å². The van der Waals surface area contributed by atoms with E-state index in [2.05, 4.69) is 20.7 Å². The summed E-state index contributed by atoms with van der Waals surface area (Å²) in [6, 6.07) is 7.70. The molecule has 1 aliphatic heterocycles. The highest BCUT2D eigenvalue weighted by atomic mass is 15.3. The van der Waals surface area contributed by atoms with Gasteiger partial charge >= 0.3 is 0 Å². The summed E-state index contributed by atoms with van der Waals surface area (Å²) in [6.45, 7) is 2.50. The quantitative estimate of drug-likeness (QED) is 0.659. The topological polar surface area (TPSA) is 53.6 Å². The van der Waals surface area contributed by atoms with E-state index in [1.807, 2.05) is 24.3 Å². The van der Waals surface area contributed by atoms with Crippen LogP contribution < -0.4 is 5.32 Å². The molecule has 1 aromatic carbocycles. The Labute approximate surface area is 82.7 Å². The molecule has 4 nitrogen and oxygen atoms in total. The van der Waals surface area contributed by atoms with Crippen molar-refractivity contribution in [2.24, 2.45) is 0 Å². The van der Waals surface area contributed by atoms with Crippen LogP contribution >= 0.6 is 0 Å². The molecule has 2 aromatic rings. The minimum Gasteiger partial charge on any atom is -0.317 e. The van der Waals surface area contributed by atoms with Crippen LogP contribution in [-0.4, -0.2) is 28.5 Å². The molecule has 0 unspecified atom stereocenters. The van der Waals surface area contributed by atoms with Crippen LogP contribution in [0.15, 0.2) is 24.3 Å². The van der Waals surface area contributed by atoms with Gasteiger partial charge in [-0.3, -0.25) is 0 Å². The molecular formula is C10H14N4. The highest BCUT2D eigenvalue weighted by molar-refractivity contribution is 5.72. The smallest absolute Gasteiger partial charge is 0.112 e. The van der Waals surface area contributed by atoms with Crippen LogP contribution in [-0.2, 0) is 0 Å². The Balaban J connectivity index is 0.000000128. The van der Waals surface area contributed by atoms with E-state index in [0.29, 0.717) is 0 Å². The fourth-order valence-corrected chi connectivity index (χ4v) is 1.41. The average molecular weight is 190 g/mol. The summed E-state index contributed by atoms with van der Waals surface area (Å²) in [5.74, 6) is 0. The summed E-state index contributed by atoms with van der Waals surface area (Å²) in [6.07, 6.45) is 2.78. The van der Waals surface area contributed by atoms with Crippen molar-refractivity contribution in [1.29, 1.82) is 0 Å². The lowest BCUT2D eigenvalue weighted by molar-refractivity contribution is 0.857. The normalized spacial score (nSPS) is 15.1. The number of nitrogens with zero attached hydrogens (tertiary/aromatic N) is 2. The van der Waals surface area contributed by atoms with Crippen molar-refractivity contribution < 1.29 is 0 Å². The first-order valence-corrected chi connectivity index (χ1v) is 4.93. The number of hydrogen-bond donors (Lipinski definition) is 2.